The second-order valence-corrected chi connectivity index (χ2v) is 5.50. The van der Waals surface area contributed by atoms with Crippen LogP contribution in [-0.2, 0) is 14.9 Å². The van der Waals surface area contributed by atoms with Crippen molar-refractivity contribution in [2.45, 2.75) is 11.8 Å². The van der Waals surface area contributed by atoms with Crippen LogP contribution in [0.2, 0.25) is 0 Å². The van der Waals surface area contributed by atoms with Crippen LogP contribution < -0.4 is 4.18 Å². The van der Waals surface area contributed by atoms with Crippen LogP contribution in [0.4, 0.5) is 0 Å². The first kappa shape index (κ1) is 13.3. The van der Waals surface area contributed by atoms with Gasteiger partial charge in [-0.3, -0.25) is 4.79 Å². The Kier molecular flexibility index (Phi) is 3.66. The smallest absolute Gasteiger partial charge is 0.339 e. The molecule has 4 nitrogen and oxygen atoms in total. The summed E-state index contributed by atoms with van der Waals surface area (Å²) >= 11 is 0. The molecule has 0 aromatic heterocycles. The summed E-state index contributed by atoms with van der Waals surface area (Å²) in [5, 5.41) is 0. The van der Waals surface area contributed by atoms with Crippen molar-refractivity contribution in [2.24, 2.45) is 0 Å². The first-order valence-electron chi connectivity index (χ1n) is 5.51. The number of para-hydroxylation sites is 1. The third kappa shape index (κ3) is 3.00. The summed E-state index contributed by atoms with van der Waals surface area (Å²) in [7, 11) is -3.94. The molecule has 0 spiro atoms. The van der Waals surface area contributed by atoms with E-state index in [1.54, 1.807) is 30.6 Å². The Hall–Kier alpha value is -2.14. The van der Waals surface area contributed by atoms with Gasteiger partial charge in [0.2, 0.25) is 6.29 Å². The number of hydrogen-bond acceptors (Lipinski definition) is 4. The summed E-state index contributed by atoms with van der Waals surface area (Å²) in [6, 6.07) is 12.3. The van der Waals surface area contributed by atoms with Crippen LogP contribution >= 0.6 is 0 Å². The van der Waals surface area contributed by atoms with Gasteiger partial charge in [0.1, 0.15) is 4.90 Å². The van der Waals surface area contributed by atoms with Crippen LogP contribution in [0, 0.1) is 6.92 Å². The fraction of sp³-hybridized carbons (Fsp3) is 0.0714. The highest BCUT2D eigenvalue weighted by Gasteiger charge is 2.18. The molecule has 0 atom stereocenters. The van der Waals surface area contributed by atoms with Crippen molar-refractivity contribution >= 4 is 16.4 Å². The van der Waals surface area contributed by atoms with Crippen molar-refractivity contribution in [2.75, 3.05) is 0 Å². The fourth-order valence-corrected chi connectivity index (χ4v) is 2.44. The lowest BCUT2D eigenvalue weighted by Gasteiger charge is -2.08. The molecule has 1 radical (unpaired) electrons. The number of rotatable bonds is 4. The first-order valence-corrected chi connectivity index (χ1v) is 6.92. The van der Waals surface area contributed by atoms with Gasteiger partial charge in [-0.2, -0.15) is 8.42 Å². The van der Waals surface area contributed by atoms with Crippen molar-refractivity contribution < 1.29 is 17.4 Å². The van der Waals surface area contributed by atoms with Gasteiger partial charge in [0.15, 0.2) is 5.75 Å². The molecule has 2 aromatic carbocycles. The van der Waals surface area contributed by atoms with Crippen LogP contribution in [0.25, 0.3) is 0 Å². The molecule has 0 unspecified atom stereocenters. The monoisotopic (exact) mass is 275 g/mol. The Morgan fingerprint density at radius 2 is 1.63 bits per heavy atom. The van der Waals surface area contributed by atoms with Gasteiger partial charge >= 0.3 is 10.1 Å². The zero-order valence-electron chi connectivity index (χ0n) is 10.2. The molecule has 0 aliphatic carbocycles. The highest BCUT2D eigenvalue weighted by atomic mass is 32.2. The van der Waals surface area contributed by atoms with Crippen LogP contribution in [0.15, 0.2) is 53.4 Å². The zero-order valence-corrected chi connectivity index (χ0v) is 11.0. The van der Waals surface area contributed by atoms with Crippen molar-refractivity contribution in [3.05, 3.63) is 59.7 Å². The molecule has 97 valence electrons. The molecule has 2 rings (SSSR count). The zero-order chi connectivity index (χ0) is 13.9. The predicted molar refractivity (Wildman–Crippen MR) is 70.2 cm³/mol. The van der Waals surface area contributed by atoms with E-state index >= 15 is 0 Å². The van der Waals surface area contributed by atoms with Gasteiger partial charge in [-0.15, -0.1) is 0 Å². The summed E-state index contributed by atoms with van der Waals surface area (Å²) < 4.78 is 29.0. The molecule has 0 fully saturated rings. The molecule has 0 aliphatic heterocycles. The van der Waals surface area contributed by atoms with Gasteiger partial charge < -0.3 is 4.18 Å². The molecule has 0 aliphatic rings. The lowest BCUT2D eigenvalue weighted by molar-refractivity contribution is 0.484. The summed E-state index contributed by atoms with van der Waals surface area (Å²) in [5.41, 5.74) is 1.01. The van der Waals surface area contributed by atoms with Crippen LogP contribution in [-0.4, -0.2) is 14.7 Å². The molecule has 2 aromatic rings. The fourth-order valence-electron chi connectivity index (χ4n) is 1.49. The van der Waals surface area contributed by atoms with Gasteiger partial charge in [0.05, 0.1) is 5.56 Å². The second-order valence-electron chi connectivity index (χ2n) is 3.95. The Bertz CT molecular complexity index is 688. The van der Waals surface area contributed by atoms with Crippen LogP contribution in [0.5, 0.6) is 5.75 Å². The minimum atomic E-state index is -3.94. The Morgan fingerprint density at radius 3 is 2.26 bits per heavy atom. The lowest BCUT2D eigenvalue weighted by atomic mass is 10.2. The van der Waals surface area contributed by atoms with E-state index in [9.17, 15) is 13.2 Å². The molecule has 0 saturated heterocycles. The van der Waals surface area contributed by atoms with Crippen LogP contribution in [0.1, 0.15) is 11.1 Å². The summed E-state index contributed by atoms with van der Waals surface area (Å²) in [5.74, 6) is -0.0296. The Labute approximate surface area is 111 Å². The SMILES string of the molecule is Cc1ccc(S(=O)(=O)Oc2ccccc2[C]=O)cc1. The molecule has 0 saturated carbocycles. The normalized spacial score (nSPS) is 11.0. The van der Waals surface area contributed by atoms with E-state index in [2.05, 4.69) is 0 Å². The quantitative estimate of drug-likeness (QED) is 0.803. The summed E-state index contributed by atoms with van der Waals surface area (Å²) in [4.78, 5) is 10.7. The summed E-state index contributed by atoms with van der Waals surface area (Å²) in [6.07, 6.45) is 1.64. The number of benzene rings is 2. The van der Waals surface area contributed by atoms with E-state index in [0.29, 0.717) is 0 Å². The predicted octanol–water partition coefficient (Wildman–Crippen LogP) is 2.22. The van der Waals surface area contributed by atoms with Crippen molar-refractivity contribution in [1.82, 2.24) is 0 Å². The average Bonchev–Trinajstić information content (AvgIpc) is 2.39. The van der Waals surface area contributed by atoms with E-state index < -0.39 is 10.1 Å². The topological polar surface area (TPSA) is 60.4 Å². The molecule has 0 N–H and O–H groups in total. The lowest BCUT2D eigenvalue weighted by Crippen LogP contribution is -2.10. The molecular weight excluding hydrogens is 264 g/mol. The number of aryl methyl sites for hydroxylation is 1. The molecule has 0 amide bonds. The second kappa shape index (κ2) is 5.24. The Balaban J connectivity index is 2.36. The molecule has 5 heteroatoms. The minimum Gasteiger partial charge on any atom is -0.378 e. The highest BCUT2D eigenvalue weighted by molar-refractivity contribution is 7.87. The van der Waals surface area contributed by atoms with Crippen molar-refractivity contribution in [3.63, 3.8) is 0 Å². The Morgan fingerprint density at radius 1 is 1.00 bits per heavy atom. The maximum absolute atomic E-state index is 12.0. The summed E-state index contributed by atoms with van der Waals surface area (Å²) in [6.45, 7) is 1.86. The van der Waals surface area contributed by atoms with Gasteiger partial charge in [-0.1, -0.05) is 29.8 Å². The van der Waals surface area contributed by atoms with Gasteiger partial charge in [-0.05, 0) is 31.2 Å². The third-order valence-corrected chi connectivity index (χ3v) is 3.75. The minimum absolute atomic E-state index is 0.0296. The average molecular weight is 275 g/mol. The molecular formula is C14H11O4S. The molecule has 0 heterocycles. The first-order chi connectivity index (χ1) is 9.03. The standard InChI is InChI=1S/C14H11O4S/c1-11-6-8-13(9-7-11)19(16,17)18-14-5-3-2-4-12(14)10-15/h2-9H,1H3. The van der Waals surface area contributed by atoms with E-state index in [1.807, 2.05) is 6.92 Å². The van der Waals surface area contributed by atoms with Gasteiger partial charge in [0.25, 0.3) is 0 Å². The highest BCUT2D eigenvalue weighted by Crippen LogP contribution is 2.21. The van der Waals surface area contributed by atoms with E-state index in [-0.39, 0.29) is 16.2 Å². The van der Waals surface area contributed by atoms with Crippen LogP contribution in [0.3, 0.4) is 0 Å². The van der Waals surface area contributed by atoms with Gasteiger partial charge in [-0.25, -0.2) is 0 Å². The number of hydrogen-bond donors (Lipinski definition) is 0. The molecule has 19 heavy (non-hydrogen) atoms. The van der Waals surface area contributed by atoms with Crippen molar-refractivity contribution in [1.29, 1.82) is 0 Å². The maximum Gasteiger partial charge on any atom is 0.339 e. The third-order valence-electron chi connectivity index (χ3n) is 2.51. The van der Waals surface area contributed by atoms with Crippen molar-refractivity contribution in [3.8, 4) is 5.75 Å². The maximum atomic E-state index is 12.0. The van der Waals surface area contributed by atoms with E-state index in [0.717, 1.165) is 5.56 Å². The van der Waals surface area contributed by atoms with E-state index in [4.69, 9.17) is 4.18 Å². The van der Waals surface area contributed by atoms with Gasteiger partial charge in [0, 0.05) is 0 Å². The largest absolute Gasteiger partial charge is 0.378 e. The molecule has 0 bridgehead atoms. The van der Waals surface area contributed by atoms with E-state index in [1.165, 1.54) is 24.3 Å². The number of carbonyl (C=O) groups excluding carboxylic acids is 1.